The highest BCUT2D eigenvalue weighted by molar-refractivity contribution is 5.89. The van der Waals surface area contributed by atoms with Gasteiger partial charge in [0.05, 0.1) is 12.5 Å². The van der Waals surface area contributed by atoms with Crippen molar-refractivity contribution >= 4 is 12.0 Å². The van der Waals surface area contributed by atoms with Crippen LogP contribution in [-0.2, 0) is 0 Å². The average Bonchev–Trinajstić information content (AvgIpc) is 2.21. The molecule has 0 amide bonds. The third kappa shape index (κ3) is 2.42. The summed E-state index contributed by atoms with van der Waals surface area (Å²) in [6, 6.07) is 3.80. The molecule has 0 spiro atoms. The molecule has 0 saturated carbocycles. The number of carboxylic acid groups (broad SMARTS) is 1. The summed E-state index contributed by atoms with van der Waals surface area (Å²) in [5, 5.41) is 16.8. The van der Waals surface area contributed by atoms with Crippen molar-refractivity contribution in [2.24, 2.45) is 0 Å². The molecule has 0 radical (unpaired) electrons. The lowest BCUT2D eigenvalue weighted by atomic mass is 10.1. The molecule has 82 valence electrons. The number of halogens is 2. The number of allylic oxidation sites excluding steroid dienone is 1. The highest BCUT2D eigenvalue weighted by Gasteiger charge is 2.18. The van der Waals surface area contributed by atoms with Crippen molar-refractivity contribution in [3.05, 3.63) is 41.0 Å². The Morgan fingerprint density at radius 3 is 2.75 bits per heavy atom. The maximum Gasteiger partial charge on any atom is 0.341 e. The zero-order valence-corrected chi connectivity index (χ0v) is 8.08. The highest BCUT2D eigenvalue weighted by Crippen LogP contribution is 2.18. The second-order valence-electron chi connectivity index (χ2n) is 2.90. The highest BCUT2D eigenvalue weighted by atomic mass is 19.1. The molecule has 0 aliphatic heterocycles. The van der Waals surface area contributed by atoms with E-state index >= 15 is 0 Å². The molecule has 1 N–H and O–H groups in total. The van der Waals surface area contributed by atoms with Crippen molar-refractivity contribution < 1.29 is 18.7 Å². The van der Waals surface area contributed by atoms with E-state index in [1.807, 2.05) is 0 Å². The largest absolute Gasteiger partial charge is 0.477 e. The monoisotopic (exact) mass is 223 g/mol. The van der Waals surface area contributed by atoms with E-state index in [0.29, 0.717) is 0 Å². The first-order valence-corrected chi connectivity index (χ1v) is 4.32. The lowest BCUT2D eigenvalue weighted by Crippen LogP contribution is -2.05. The van der Waals surface area contributed by atoms with Crippen molar-refractivity contribution in [3.63, 3.8) is 0 Å². The lowest BCUT2D eigenvalue weighted by Gasteiger charge is -2.02. The zero-order valence-electron chi connectivity index (χ0n) is 8.08. The summed E-state index contributed by atoms with van der Waals surface area (Å²) in [6.45, 7) is 0. The molecule has 0 aliphatic carbocycles. The third-order valence-electron chi connectivity index (χ3n) is 1.84. The summed E-state index contributed by atoms with van der Waals surface area (Å²) in [5.41, 5.74) is -1.05. The van der Waals surface area contributed by atoms with Crippen LogP contribution in [0.2, 0.25) is 0 Å². The van der Waals surface area contributed by atoms with Gasteiger partial charge in [0.25, 0.3) is 0 Å². The number of aromatic carboxylic acids is 1. The van der Waals surface area contributed by atoms with E-state index in [0.717, 1.165) is 12.1 Å². The van der Waals surface area contributed by atoms with Gasteiger partial charge in [-0.3, -0.25) is 0 Å². The van der Waals surface area contributed by atoms with E-state index in [4.69, 9.17) is 10.4 Å². The lowest BCUT2D eigenvalue weighted by molar-refractivity contribution is 0.0686. The molecule has 0 saturated heterocycles. The molecule has 0 atom stereocenters. The zero-order chi connectivity index (χ0) is 12.1. The Morgan fingerprint density at radius 1 is 1.50 bits per heavy atom. The van der Waals surface area contributed by atoms with Crippen LogP contribution in [0.1, 0.15) is 22.3 Å². The van der Waals surface area contributed by atoms with Crippen LogP contribution in [0.5, 0.6) is 0 Å². The van der Waals surface area contributed by atoms with Gasteiger partial charge >= 0.3 is 5.97 Å². The molecular weight excluding hydrogens is 216 g/mol. The maximum atomic E-state index is 13.5. The third-order valence-corrected chi connectivity index (χ3v) is 1.84. The number of nitriles is 1. The summed E-state index contributed by atoms with van der Waals surface area (Å²) in [7, 11) is 0. The van der Waals surface area contributed by atoms with Crippen molar-refractivity contribution in [1.29, 1.82) is 5.26 Å². The Morgan fingerprint density at radius 2 is 2.19 bits per heavy atom. The minimum atomic E-state index is -1.66. The van der Waals surface area contributed by atoms with E-state index < -0.39 is 23.2 Å². The Labute approximate surface area is 90.2 Å². The molecule has 0 aliphatic rings. The van der Waals surface area contributed by atoms with Gasteiger partial charge in [-0.15, -0.1) is 0 Å². The van der Waals surface area contributed by atoms with Gasteiger partial charge in [0, 0.05) is 5.56 Å². The van der Waals surface area contributed by atoms with Crippen molar-refractivity contribution in [1.82, 2.24) is 0 Å². The normalized spacial score (nSPS) is 10.3. The second-order valence-corrected chi connectivity index (χ2v) is 2.90. The Bertz CT molecular complexity index is 489. The Kier molecular flexibility index (Phi) is 3.72. The standard InChI is InChI=1S/C11H7F2NO2/c12-8-5-4-7(3-1-2-6-14)10(13)9(8)11(15)16/h1,3-5H,2H2,(H,15,16). The van der Waals surface area contributed by atoms with Gasteiger partial charge in [-0.2, -0.15) is 5.26 Å². The topological polar surface area (TPSA) is 61.1 Å². The maximum absolute atomic E-state index is 13.5. The minimum absolute atomic E-state index is 0.0611. The van der Waals surface area contributed by atoms with E-state index in [1.54, 1.807) is 6.07 Å². The number of benzene rings is 1. The van der Waals surface area contributed by atoms with E-state index in [1.165, 1.54) is 12.2 Å². The van der Waals surface area contributed by atoms with E-state index in [-0.39, 0.29) is 12.0 Å². The van der Waals surface area contributed by atoms with Gasteiger partial charge in [-0.1, -0.05) is 12.2 Å². The fraction of sp³-hybridized carbons (Fsp3) is 0.0909. The molecule has 3 nitrogen and oxygen atoms in total. The molecule has 1 aromatic carbocycles. The van der Waals surface area contributed by atoms with Crippen LogP contribution >= 0.6 is 0 Å². The Balaban J connectivity index is 3.20. The SMILES string of the molecule is N#CCC=Cc1ccc(F)c(C(=O)O)c1F. The smallest absolute Gasteiger partial charge is 0.341 e. The van der Waals surface area contributed by atoms with Crippen molar-refractivity contribution in [2.75, 3.05) is 0 Å². The first-order valence-electron chi connectivity index (χ1n) is 4.32. The van der Waals surface area contributed by atoms with Crippen LogP contribution in [-0.4, -0.2) is 11.1 Å². The number of rotatable bonds is 3. The summed E-state index contributed by atoms with van der Waals surface area (Å²) in [5.74, 6) is -3.92. The number of hydrogen-bond donors (Lipinski definition) is 1. The van der Waals surface area contributed by atoms with Gasteiger partial charge < -0.3 is 5.11 Å². The van der Waals surface area contributed by atoms with E-state index in [9.17, 15) is 13.6 Å². The van der Waals surface area contributed by atoms with Crippen LogP contribution in [0.15, 0.2) is 18.2 Å². The van der Waals surface area contributed by atoms with Gasteiger partial charge in [0.1, 0.15) is 17.2 Å². The summed E-state index contributed by atoms with van der Waals surface area (Å²) in [6.07, 6.45) is 2.67. The predicted molar refractivity (Wildman–Crippen MR) is 52.6 cm³/mol. The number of carboxylic acids is 1. The molecule has 0 unspecified atom stereocenters. The number of hydrogen-bond acceptors (Lipinski definition) is 2. The van der Waals surface area contributed by atoms with Crippen molar-refractivity contribution in [3.8, 4) is 6.07 Å². The second kappa shape index (κ2) is 5.03. The predicted octanol–water partition coefficient (Wildman–Crippen LogP) is 2.59. The van der Waals surface area contributed by atoms with Crippen LogP contribution in [0.4, 0.5) is 8.78 Å². The quantitative estimate of drug-likeness (QED) is 0.856. The minimum Gasteiger partial charge on any atom is -0.477 e. The Hall–Kier alpha value is -2.22. The molecule has 0 fully saturated rings. The van der Waals surface area contributed by atoms with Gasteiger partial charge in [0.15, 0.2) is 0 Å². The fourth-order valence-electron chi connectivity index (χ4n) is 1.13. The van der Waals surface area contributed by atoms with Crippen LogP contribution in [0.3, 0.4) is 0 Å². The average molecular weight is 223 g/mol. The molecular formula is C11H7F2NO2. The fourth-order valence-corrected chi connectivity index (χ4v) is 1.13. The summed E-state index contributed by atoms with van der Waals surface area (Å²) in [4.78, 5) is 10.6. The molecule has 16 heavy (non-hydrogen) atoms. The first-order chi connectivity index (χ1) is 7.57. The summed E-state index contributed by atoms with van der Waals surface area (Å²) >= 11 is 0. The van der Waals surface area contributed by atoms with E-state index in [2.05, 4.69) is 0 Å². The van der Waals surface area contributed by atoms with Gasteiger partial charge in [0.2, 0.25) is 0 Å². The van der Waals surface area contributed by atoms with Crippen LogP contribution in [0.25, 0.3) is 6.08 Å². The van der Waals surface area contributed by atoms with Crippen LogP contribution < -0.4 is 0 Å². The molecule has 0 bridgehead atoms. The molecule has 1 aromatic rings. The number of nitrogens with zero attached hydrogens (tertiary/aromatic N) is 1. The van der Waals surface area contributed by atoms with Gasteiger partial charge in [-0.25, -0.2) is 13.6 Å². The first kappa shape index (κ1) is 11.9. The summed E-state index contributed by atoms with van der Waals surface area (Å²) < 4.78 is 26.4. The molecule has 0 aromatic heterocycles. The molecule has 0 heterocycles. The van der Waals surface area contributed by atoms with Crippen LogP contribution in [0, 0.1) is 23.0 Å². The molecule has 1 rings (SSSR count). The molecule has 5 heteroatoms. The van der Waals surface area contributed by atoms with Crippen molar-refractivity contribution in [2.45, 2.75) is 6.42 Å². The van der Waals surface area contributed by atoms with Gasteiger partial charge in [-0.05, 0) is 12.1 Å². The number of carbonyl (C=O) groups is 1.